The Hall–Kier alpha value is -0.820. The van der Waals surface area contributed by atoms with E-state index >= 15 is 0 Å². The Balaban J connectivity index is 2.45. The maximum Gasteiger partial charge on any atom is 0.250 e. The number of hydrogen-bond acceptors (Lipinski definition) is 2. The first-order valence-corrected chi connectivity index (χ1v) is 7.50. The summed E-state index contributed by atoms with van der Waals surface area (Å²) in [6.45, 7) is 3.57. The van der Waals surface area contributed by atoms with Crippen molar-refractivity contribution in [1.29, 1.82) is 0 Å². The van der Waals surface area contributed by atoms with Crippen molar-refractivity contribution in [1.82, 2.24) is 5.32 Å². The standard InChI is InChI=1S/C13H14ClIN2O2/c1-3-10-13(19)17(7(2)12(18)16-10)11-5-4-8(15)6-9(11)14/h4-7,10H,3H2,1-2H3,(H,16,18). The Morgan fingerprint density at radius 3 is 2.68 bits per heavy atom. The minimum atomic E-state index is -0.548. The van der Waals surface area contributed by atoms with Gasteiger partial charge in [-0.15, -0.1) is 0 Å². The molecule has 1 aliphatic rings. The molecule has 1 aromatic carbocycles. The highest BCUT2D eigenvalue weighted by atomic mass is 127. The largest absolute Gasteiger partial charge is 0.343 e. The fourth-order valence-electron chi connectivity index (χ4n) is 2.11. The van der Waals surface area contributed by atoms with Crippen molar-refractivity contribution < 1.29 is 9.59 Å². The van der Waals surface area contributed by atoms with Gasteiger partial charge in [-0.2, -0.15) is 0 Å². The third-order valence-corrected chi connectivity index (χ3v) is 4.17. The first kappa shape index (κ1) is 14.6. The van der Waals surface area contributed by atoms with Crippen LogP contribution in [0.1, 0.15) is 20.3 Å². The van der Waals surface area contributed by atoms with Gasteiger partial charge in [-0.1, -0.05) is 18.5 Å². The van der Waals surface area contributed by atoms with Crippen LogP contribution in [0.2, 0.25) is 5.02 Å². The Morgan fingerprint density at radius 2 is 2.11 bits per heavy atom. The van der Waals surface area contributed by atoms with E-state index < -0.39 is 12.1 Å². The van der Waals surface area contributed by atoms with Gasteiger partial charge >= 0.3 is 0 Å². The van der Waals surface area contributed by atoms with E-state index in [1.54, 1.807) is 19.1 Å². The van der Waals surface area contributed by atoms with Crippen molar-refractivity contribution in [2.24, 2.45) is 0 Å². The van der Waals surface area contributed by atoms with Crippen LogP contribution in [-0.4, -0.2) is 23.9 Å². The lowest BCUT2D eigenvalue weighted by molar-refractivity contribution is -0.133. The lowest BCUT2D eigenvalue weighted by Crippen LogP contribution is -2.62. The lowest BCUT2D eigenvalue weighted by Gasteiger charge is -2.37. The van der Waals surface area contributed by atoms with Gasteiger partial charge in [-0.3, -0.25) is 14.5 Å². The molecule has 4 nitrogen and oxygen atoms in total. The number of amides is 2. The molecule has 2 atom stereocenters. The van der Waals surface area contributed by atoms with Crippen molar-refractivity contribution in [3.8, 4) is 0 Å². The zero-order chi connectivity index (χ0) is 14.2. The zero-order valence-electron chi connectivity index (χ0n) is 10.6. The maximum atomic E-state index is 12.4. The highest BCUT2D eigenvalue weighted by molar-refractivity contribution is 14.1. The zero-order valence-corrected chi connectivity index (χ0v) is 13.5. The molecule has 2 unspecified atom stereocenters. The predicted molar refractivity (Wildman–Crippen MR) is 83.3 cm³/mol. The minimum Gasteiger partial charge on any atom is -0.343 e. The van der Waals surface area contributed by atoms with Gasteiger partial charge in [0.1, 0.15) is 12.1 Å². The number of carbonyl (C=O) groups excluding carboxylic acids is 2. The number of piperazine rings is 1. The molecule has 0 spiro atoms. The van der Waals surface area contributed by atoms with Crippen molar-refractivity contribution in [2.45, 2.75) is 32.4 Å². The minimum absolute atomic E-state index is 0.113. The molecule has 0 bridgehead atoms. The van der Waals surface area contributed by atoms with Crippen LogP contribution < -0.4 is 10.2 Å². The van der Waals surface area contributed by atoms with Gasteiger partial charge in [0.2, 0.25) is 11.8 Å². The Kier molecular flexibility index (Phi) is 4.35. The van der Waals surface area contributed by atoms with E-state index in [9.17, 15) is 9.59 Å². The van der Waals surface area contributed by atoms with Crippen molar-refractivity contribution in [2.75, 3.05) is 4.90 Å². The third-order valence-electron chi connectivity index (χ3n) is 3.20. The summed E-state index contributed by atoms with van der Waals surface area (Å²) in [6.07, 6.45) is 0.565. The van der Waals surface area contributed by atoms with E-state index in [1.165, 1.54) is 4.90 Å². The fraction of sp³-hybridized carbons (Fsp3) is 0.385. The molecule has 1 aromatic rings. The van der Waals surface area contributed by atoms with E-state index in [0.717, 1.165) is 3.57 Å². The monoisotopic (exact) mass is 392 g/mol. The van der Waals surface area contributed by atoms with Gasteiger partial charge in [0.25, 0.3) is 0 Å². The quantitative estimate of drug-likeness (QED) is 0.787. The number of carbonyl (C=O) groups is 2. The number of nitrogens with one attached hydrogen (secondary N) is 1. The third kappa shape index (κ3) is 2.72. The molecule has 1 heterocycles. The molecule has 1 aliphatic heterocycles. The van der Waals surface area contributed by atoms with Crippen LogP contribution in [-0.2, 0) is 9.59 Å². The van der Waals surface area contributed by atoms with Gasteiger partial charge in [-0.25, -0.2) is 0 Å². The number of anilines is 1. The second kappa shape index (κ2) is 5.66. The van der Waals surface area contributed by atoms with E-state index in [2.05, 4.69) is 27.9 Å². The summed E-state index contributed by atoms with van der Waals surface area (Å²) in [4.78, 5) is 25.8. The molecular weight excluding hydrogens is 379 g/mol. The van der Waals surface area contributed by atoms with Crippen LogP contribution in [0.4, 0.5) is 5.69 Å². The van der Waals surface area contributed by atoms with Crippen LogP contribution in [0.25, 0.3) is 0 Å². The summed E-state index contributed by atoms with van der Waals surface area (Å²) in [5, 5.41) is 3.20. The Morgan fingerprint density at radius 1 is 1.42 bits per heavy atom. The molecule has 6 heteroatoms. The number of nitrogens with zero attached hydrogens (tertiary/aromatic N) is 1. The molecule has 19 heavy (non-hydrogen) atoms. The van der Waals surface area contributed by atoms with E-state index in [4.69, 9.17) is 11.6 Å². The molecular formula is C13H14ClIN2O2. The summed E-state index contributed by atoms with van der Waals surface area (Å²) in [7, 11) is 0. The number of benzene rings is 1. The highest BCUT2D eigenvalue weighted by Gasteiger charge is 2.38. The van der Waals surface area contributed by atoms with E-state index in [0.29, 0.717) is 17.1 Å². The van der Waals surface area contributed by atoms with Crippen LogP contribution in [0, 0.1) is 3.57 Å². The first-order chi connectivity index (χ1) is 8.95. The van der Waals surface area contributed by atoms with Gasteiger partial charge < -0.3 is 5.32 Å². The summed E-state index contributed by atoms with van der Waals surface area (Å²) < 4.78 is 0.986. The summed E-state index contributed by atoms with van der Waals surface area (Å²) in [6, 6.07) is 4.41. The molecule has 0 aromatic heterocycles. The molecule has 2 rings (SSSR count). The van der Waals surface area contributed by atoms with Gasteiger partial charge in [0.05, 0.1) is 10.7 Å². The molecule has 0 radical (unpaired) electrons. The predicted octanol–water partition coefficient (Wildman–Crippen LogP) is 2.57. The van der Waals surface area contributed by atoms with Crippen LogP contribution >= 0.6 is 34.2 Å². The second-order valence-corrected chi connectivity index (χ2v) is 6.10. The summed E-state index contributed by atoms with van der Waals surface area (Å²) in [5.41, 5.74) is 0.591. The van der Waals surface area contributed by atoms with Crippen molar-refractivity contribution in [3.63, 3.8) is 0 Å². The average molecular weight is 393 g/mol. The number of hydrogen-bond donors (Lipinski definition) is 1. The van der Waals surface area contributed by atoms with Gasteiger partial charge in [-0.05, 0) is 54.1 Å². The maximum absolute atomic E-state index is 12.4. The second-order valence-electron chi connectivity index (χ2n) is 4.45. The normalized spacial score (nSPS) is 23.5. The summed E-state index contributed by atoms with van der Waals surface area (Å²) in [5.74, 6) is -0.265. The molecule has 102 valence electrons. The Bertz CT molecular complexity index is 535. The molecule has 1 N–H and O–H groups in total. The smallest absolute Gasteiger partial charge is 0.250 e. The molecule has 1 fully saturated rings. The fourth-order valence-corrected chi connectivity index (χ4v) is 3.06. The first-order valence-electron chi connectivity index (χ1n) is 6.04. The molecule has 1 saturated heterocycles. The van der Waals surface area contributed by atoms with Crippen LogP contribution in [0.3, 0.4) is 0 Å². The molecule has 2 amide bonds. The van der Waals surface area contributed by atoms with E-state index in [-0.39, 0.29) is 11.8 Å². The SMILES string of the molecule is CCC1NC(=O)C(C)N(c2ccc(I)cc2Cl)C1=O. The highest BCUT2D eigenvalue weighted by Crippen LogP contribution is 2.31. The van der Waals surface area contributed by atoms with Crippen molar-refractivity contribution >= 4 is 51.7 Å². The lowest BCUT2D eigenvalue weighted by atomic mass is 10.1. The van der Waals surface area contributed by atoms with E-state index in [1.807, 2.05) is 13.0 Å². The van der Waals surface area contributed by atoms with Crippen LogP contribution in [0.15, 0.2) is 18.2 Å². The van der Waals surface area contributed by atoms with Crippen LogP contribution in [0.5, 0.6) is 0 Å². The van der Waals surface area contributed by atoms with Crippen molar-refractivity contribution in [3.05, 3.63) is 26.8 Å². The van der Waals surface area contributed by atoms with Gasteiger partial charge in [0.15, 0.2) is 0 Å². The van der Waals surface area contributed by atoms with Gasteiger partial charge in [0, 0.05) is 3.57 Å². The molecule has 0 saturated carbocycles. The summed E-state index contributed by atoms with van der Waals surface area (Å²) >= 11 is 8.35. The molecule has 0 aliphatic carbocycles. The number of halogens is 2. The topological polar surface area (TPSA) is 49.4 Å². The average Bonchev–Trinajstić information content (AvgIpc) is 2.36. The Labute approximate surface area is 130 Å². The number of rotatable bonds is 2.